The first kappa shape index (κ1) is 13.7. The first-order valence-electron chi connectivity index (χ1n) is 7.58. The molecule has 0 unspecified atom stereocenters. The summed E-state index contributed by atoms with van der Waals surface area (Å²) in [5, 5.41) is 3.17. The Balaban J connectivity index is 1.86. The molecule has 0 radical (unpaired) electrons. The Morgan fingerprint density at radius 3 is 2.39 bits per heavy atom. The van der Waals surface area contributed by atoms with Crippen molar-refractivity contribution in [3.05, 3.63) is 0 Å². The van der Waals surface area contributed by atoms with Gasteiger partial charge in [0.2, 0.25) is 0 Å². The third-order valence-corrected chi connectivity index (χ3v) is 4.31. The summed E-state index contributed by atoms with van der Waals surface area (Å²) in [6.07, 6.45) is 10.7. The predicted molar refractivity (Wildman–Crippen MR) is 73.4 cm³/mol. The van der Waals surface area contributed by atoms with Crippen LogP contribution in [-0.2, 0) is 0 Å². The van der Waals surface area contributed by atoms with Gasteiger partial charge in [-0.2, -0.15) is 0 Å². The quantitative estimate of drug-likeness (QED) is 0.789. The normalized spacial score (nSPS) is 21.4. The van der Waals surface area contributed by atoms with E-state index in [1.54, 1.807) is 0 Å². The van der Waals surface area contributed by atoms with Crippen LogP contribution in [0.1, 0.15) is 57.8 Å². The van der Waals surface area contributed by atoms with Gasteiger partial charge in [-0.1, -0.05) is 19.3 Å². The summed E-state index contributed by atoms with van der Waals surface area (Å²) in [6.45, 7) is 1.49. The molecule has 2 saturated carbocycles. The summed E-state index contributed by atoms with van der Waals surface area (Å²) in [5.41, 5.74) is 5.59. The van der Waals surface area contributed by atoms with Crippen molar-refractivity contribution in [1.82, 2.24) is 10.2 Å². The summed E-state index contributed by atoms with van der Waals surface area (Å²) in [7, 11) is 0. The Morgan fingerprint density at radius 2 is 1.83 bits per heavy atom. The van der Waals surface area contributed by atoms with Crippen molar-refractivity contribution in [1.29, 1.82) is 0 Å². The lowest BCUT2D eigenvalue weighted by molar-refractivity contribution is 0.147. The highest BCUT2D eigenvalue weighted by Crippen LogP contribution is 2.24. The van der Waals surface area contributed by atoms with Gasteiger partial charge in [-0.3, -0.25) is 0 Å². The largest absolute Gasteiger partial charge is 0.335 e. The zero-order chi connectivity index (χ0) is 12.8. The van der Waals surface area contributed by atoms with Crippen molar-refractivity contribution in [3.63, 3.8) is 0 Å². The van der Waals surface area contributed by atoms with Crippen LogP contribution in [0.3, 0.4) is 0 Å². The summed E-state index contributed by atoms with van der Waals surface area (Å²) in [5.74, 6) is 0. The molecule has 0 aromatic rings. The molecule has 0 saturated heterocycles. The molecule has 4 heteroatoms. The predicted octanol–water partition coefficient (Wildman–Crippen LogP) is 2.23. The van der Waals surface area contributed by atoms with Crippen molar-refractivity contribution in [2.24, 2.45) is 5.73 Å². The van der Waals surface area contributed by atoms with E-state index in [-0.39, 0.29) is 6.03 Å². The third kappa shape index (κ3) is 3.61. The van der Waals surface area contributed by atoms with Gasteiger partial charge in [0.15, 0.2) is 0 Å². The smallest absolute Gasteiger partial charge is 0.317 e. The number of rotatable bonds is 5. The fourth-order valence-electron chi connectivity index (χ4n) is 2.91. The molecule has 0 aromatic heterocycles. The molecule has 3 N–H and O–H groups in total. The van der Waals surface area contributed by atoms with E-state index in [9.17, 15) is 4.79 Å². The van der Waals surface area contributed by atoms with E-state index in [0.717, 1.165) is 25.8 Å². The molecule has 0 aliphatic heterocycles. The molecule has 0 aromatic carbocycles. The number of nitrogens with zero attached hydrogens (tertiary/aromatic N) is 1. The number of carbonyl (C=O) groups excluding carboxylic acids is 1. The third-order valence-electron chi connectivity index (χ3n) is 4.31. The zero-order valence-corrected chi connectivity index (χ0v) is 11.4. The SMILES string of the molecule is NCCCN(C(=O)NC1CCC1)C1CCCCC1. The summed E-state index contributed by atoms with van der Waals surface area (Å²) in [4.78, 5) is 14.4. The van der Waals surface area contributed by atoms with Gasteiger partial charge in [0.05, 0.1) is 0 Å². The van der Waals surface area contributed by atoms with Gasteiger partial charge >= 0.3 is 6.03 Å². The molecule has 0 heterocycles. The highest BCUT2D eigenvalue weighted by Gasteiger charge is 2.27. The molecule has 104 valence electrons. The zero-order valence-electron chi connectivity index (χ0n) is 11.4. The molecule has 4 nitrogen and oxygen atoms in total. The summed E-state index contributed by atoms with van der Waals surface area (Å²) in [6, 6.07) is 1.03. The van der Waals surface area contributed by atoms with Crippen LogP contribution in [0.5, 0.6) is 0 Å². The average Bonchev–Trinajstić information content (AvgIpc) is 2.36. The van der Waals surface area contributed by atoms with Gasteiger partial charge in [-0.25, -0.2) is 4.79 Å². The minimum atomic E-state index is 0.153. The van der Waals surface area contributed by atoms with Gasteiger partial charge in [0, 0.05) is 18.6 Å². The van der Waals surface area contributed by atoms with Gasteiger partial charge < -0.3 is 16.0 Å². The molecule has 0 atom stereocenters. The molecule has 0 spiro atoms. The second-order valence-corrected chi connectivity index (χ2v) is 5.70. The van der Waals surface area contributed by atoms with Crippen molar-refractivity contribution in [2.45, 2.75) is 69.9 Å². The maximum Gasteiger partial charge on any atom is 0.317 e. The highest BCUT2D eigenvalue weighted by molar-refractivity contribution is 5.75. The van der Waals surface area contributed by atoms with Crippen LogP contribution in [0, 0.1) is 0 Å². The van der Waals surface area contributed by atoms with Crippen LogP contribution < -0.4 is 11.1 Å². The minimum Gasteiger partial charge on any atom is -0.335 e. The van der Waals surface area contributed by atoms with Crippen LogP contribution in [0.15, 0.2) is 0 Å². The molecule has 2 aliphatic carbocycles. The Morgan fingerprint density at radius 1 is 1.11 bits per heavy atom. The number of urea groups is 1. The fraction of sp³-hybridized carbons (Fsp3) is 0.929. The van der Waals surface area contributed by atoms with Crippen molar-refractivity contribution in [3.8, 4) is 0 Å². The molecule has 2 fully saturated rings. The molecule has 0 bridgehead atoms. The van der Waals surface area contributed by atoms with E-state index in [0.29, 0.717) is 18.6 Å². The van der Waals surface area contributed by atoms with E-state index in [4.69, 9.17) is 5.73 Å². The highest BCUT2D eigenvalue weighted by atomic mass is 16.2. The van der Waals surface area contributed by atoms with Crippen LogP contribution in [-0.4, -0.2) is 36.1 Å². The summed E-state index contributed by atoms with van der Waals surface area (Å²) >= 11 is 0. The van der Waals surface area contributed by atoms with Crippen LogP contribution in [0.2, 0.25) is 0 Å². The van der Waals surface area contributed by atoms with Gasteiger partial charge in [0.1, 0.15) is 0 Å². The van der Waals surface area contributed by atoms with E-state index < -0.39 is 0 Å². The molecular formula is C14H27N3O. The van der Waals surface area contributed by atoms with Crippen molar-refractivity contribution >= 4 is 6.03 Å². The number of hydrogen-bond donors (Lipinski definition) is 2. The molecule has 2 amide bonds. The minimum absolute atomic E-state index is 0.153. The van der Waals surface area contributed by atoms with Crippen LogP contribution in [0.25, 0.3) is 0 Å². The summed E-state index contributed by atoms with van der Waals surface area (Å²) < 4.78 is 0. The lowest BCUT2D eigenvalue weighted by atomic mass is 9.92. The van der Waals surface area contributed by atoms with E-state index in [1.807, 2.05) is 0 Å². The number of carbonyl (C=O) groups is 1. The maximum atomic E-state index is 12.3. The maximum absolute atomic E-state index is 12.3. The fourth-order valence-corrected chi connectivity index (χ4v) is 2.91. The van der Waals surface area contributed by atoms with E-state index in [1.165, 1.54) is 38.5 Å². The monoisotopic (exact) mass is 253 g/mol. The van der Waals surface area contributed by atoms with E-state index >= 15 is 0 Å². The van der Waals surface area contributed by atoms with E-state index in [2.05, 4.69) is 10.2 Å². The van der Waals surface area contributed by atoms with Crippen LogP contribution >= 0.6 is 0 Å². The lowest BCUT2D eigenvalue weighted by Gasteiger charge is -2.37. The number of nitrogens with one attached hydrogen (secondary N) is 1. The Bertz CT molecular complexity index is 260. The average molecular weight is 253 g/mol. The Kier molecular flexibility index (Phi) is 5.29. The molecular weight excluding hydrogens is 226 g/mol. The standard InChI is InChI=1S/C14H27N3O/c15-10-5-11-17(13-8-2-1-3-9-13)14(18)16-12-6-4-7-12/h12-13H,1-11,15H2,(H,16,18). The lowest BCUT2D eigenvalue weighted by Crippen LogP contribution is -2.51. The van der Waals surface area contributed by atoms with Gasteiger partial charge in [0.25, 0.3) is 0 Å². The number of hydrogen-bond acceptors (Lipinski definition) is 2. The van der Waals surface area contributed by atoms with Crippen LogP contribution in [0.4, 0.5) is 4.79 Å². The van der Waals surface area contributed by atoms with Gasteiger partial charge in [-0.05, 0) is 45.1 Å². The first-order valence-corrected chi connectivity index (χ1v) is 7.58. The van der Waals surface area contributed by atoms with Crippen molar-refractivity contribution in [2.75, 3.05) is 13.1 Å². The molecule has 2 rings (SSSR count). The second-order valence-electron chi connectivity index (χ2n) is 5.70. The second kappa shape index (κ2) is 6.98. The Labute approximate surface area is 110 Å². The van der Waals surface area contributed by atoms with Crippen molar-refractivity contribution < 1.29 is 4.79 Å². The Hall–Kier alpha value is -0.770. The molecule has 18 heavy (non-hydrogen) atoms. The first-order chi connectivity index (χ1) is 8.81. The van der Waals surface area contributed by atoms with Gasteiger partial charge in [-0.15, -0.1) is 0 Å². The molecule has 2 aliphatic rings. The topological polar surface area (TPSA) is 58.4 Å². The number of amides is 2. The number of nitrogens with two attached hydrogens (primary N) is 1.